The molecule has 2 fully saturated rings. The van der Waals surface area contributed by atoms with Crippen LogP contribution in [0.3, 0.4) is 0 Å². The van der Waals surface area contributed by atoms with E-state index in [-0.39, 0.29) is 29.8 Å². The predicted molar refractivity (Wildman–Crippen MR) is 130 cm³/mol. The van der Waals surface area contributed by atoms with Gasteiger partial charge in [0.1, 0.15) is 0 Å². The maximum atomic E-state index is 13.7. The molecule has 4 rings (SSSR count). The van der Waals surface area contributed by atoms with Crippen LogP contribution in [0.1, 0.15) is 35.2 Å². The molecule has 1 saturated carbocycles. The van der Waals surface area contributed by atoms with Crippen molar-refractivity contribution in [3.63, 3.8) is 0 Å². The Bertz CT molecular complexity index is 979. The normalized spacial score (nSPS) is 23.5. The fourth-order valence-electron chi connectivity index (χ4n) is 4.97. The smallest absolute Gasteiger partial charge is 0.322 e. The number of ether oxygens (including phenoxy) is 1. The van der Waals surface area contributed by atoms with Crippen molar-refractivity contribution < 1.29 is 14.3 Å². The van der Waals surface area contributed by atoms with Gasteiger partial charge in [0.2, 0.25) is 0 Å². The van der Waals surface area contributed by atoms with Gasteiger partial charge < -0.3 is 19.4 Å². The Kier molecular flexibility index (Phi) is 7.14. The Morgan fingerprint density at radius 1 is 1.03 bits per heavy atom. The average molecular weight is 448 g/mol. The first-order valence-electron chi connectivity index (χ1n) is 11.6. The minimum Gasteiger partial charge on any atom is -0.374 e. The number of anilines is 1. The lowest BCUT2D eigenvalue weighted by atomic mass is 9.74. The molecule has 1 heterocycles. The molecule has 6 nitrogen and oxygen atoms in total. The minimum atomic E-state index is -0.109. The van der Waals surface area contributed by atoms with Crippen LogP contribution in [0.25, 0.3) is 0 Å². The van der Waals surface area contributed by atoms with Crippen LogP contribution in [0, 0.1) is 11.8 Å². The number of ketones is 1. The highest BCUT2D eigenvalue weighted by Crippen LogP contribution is 2.37. The molecular formula is C27H33N3O3. The van der Waals surface area contributed by atoms with E-state index < -0.39 is 0 Å². The van der Waals surface area contributed by atoms with E-state index in [1.807, 2.05) is 48.5 Å². The molecule has 6 heteroatoms. The van der Waals surface area contributed by atoms with Gasteiger partial charge in [-0.25, -0.2) is 4.79 Å². The van der Waals surface area contributed by atoms with Crippen molar-refractivity contribution in [3.8, 4) is 0 Å². The number of Topliss-reactive ketones (excluding diaryl/α,β-unsaturated/α-hetero) is 1. The number of benzene rings is 2. The predicted octanol–water partition coefficient (Wildman–Crippen LogP) is 4.78. The highest BCUT2D eigenvalue weighted by atomic mass is 16.5. The molecule has 0 radical (unpaired) electrons. The van der Waals surface area contributed by atoms with Crippen LogP contribution >= 0.6 is 0 Å². The highest BCUT2D eigenvalue weighted by molar-refractivity contribution is 6.03. The molecule has 174 valence electrons. The van der Waals surface area contributed by atoms with Crippen LogP contribution in [0.4, 0.5) is 10.5 Å². The third-order valence-corrected chi connectivity index (χ3v) is 6.75. The monoisotopic (exact) mass is 447 g/mol. The number of nitrogens with zero attached hydrogens (tertiary/aromatic N) is 3. The van der Waals surface area contributed by atoms with Gasteiger partial charge in [0.05, 0.1) is 31.7 Å². The molecule has 2 aromatic rings. The second-order valence-electron chi connectivity index (χ2n) is 9.12. The first kappa shape index (κ1) is 23.1. The van der Waals surface area contributed by atoms with Crippen LogP contribution in [-0.2, 0) is 11.3 Å². The van der Waals surface area contributed by atoms with Gasteiger partial charge in [0.15, 0.2) is 5.78 Å². The summed E-state index contributed by atoms with van der Waals surface area (Å²) in [6, 6.07) is 17.9. The molecule has 2 amide bonds. The summed E-state index contributed by atoms with van der Waals surface area (Å²) in [5.74, 6) is 0.120. The van der Waals surface area contributed by atoms with Gasteiger partial charge in [-0.2, -0.15) is 0 Å². The van der Waals surface area contributed by atoms with E-state index >= 15 is 0 Å². The largest absolute Gasteiger partial charge is 0.374 e. The third kappa shape index (κ3) is 5.11. The molecule has 0 aromatic heterocycles. The van der Waals surface area contributed by atoms with Crippen molar-refractivity contribution >= 4 is 17.5 Å². The molecule has 3 atom stereocenters. The van der Waals surface area contributed by atoms with Gasteiger partial charge >= 0.3 is 6.03 Å². The Labute approximate surface area is 196 Å². The lowest BCUT2D eigenvalue weighted by Gasteiger charge is -2.41. The first-order valence-corrected chi connectivity index (χ1v) is 11.6. The number of hydrogen-bond donors (Lipinski definition) is 0. The second kappa shape index (κ2) is 10.2. The summed E-state index contributed by atoms with van der Waals surface area (Å²) >= 11 is 0. The molecule has 1 unspecified atom stereocenters. The van der Waals surface area contributed by atoms with Crippen molar-refractivity contribution in [2.24, 2.45) is 11.8 Å². The lowest BCUT2D eigenvalue weighted by molar-refractivity contribution is -0.00297. The number of rotatable bonds is 7. The standard InChI is InChI=1S/C27H33N3O3/c1-4-21-16-22(33-17-20-10-6-5-7-11-20)14-15-23(21)26(31)24-12-8-9-13-25(24)30-18-28(2)27(32)29(3)19-30/h4-13,21-23H,1,14-19H2,2-3H3/t21-,22+,23?/m1/s1. The molecule has 1 aliphatic heterocycles. The zero-order valence-electron chi connectivity index (χ0n) is 19.5. The topological polar surface area (TPSA) is 53.1 Å². The molecule has 0 bridgehead atoms. The summed E-state index contributed by atoms with van der Waals surface area (Å²) in [5, 5.41) is 0. The average Bonchev–Trinajstić information content (AvgIpc) is 2.85. The number of carbonyl (C=O) groups excluding carboxylic acids is 2. The molecule has 2 aromatic carbocycles. The maximum absolute atomic E-state index is 13.7. The van der Waals surface area contributed by atoms with E-state index in [0.717, 1.165) is 30.5 Å². The first-order chi connectivity index (χ1) is 16.0. The molecular weight excluding hydrogens is 414 g/mol. The van der Waals surface area contributed by atoms with Crippen LogP contribution in [0.5, 0.6) is 0 Å². The van der Waals surface area contributed by atoms with E-state index in [1.165, 1.54) is 0 Å². The Hall–Kier alpha value is -3.12. The van der Waals surface area contributed by atoms with Gasteiger partial charge in [0.25, 0.3) is 0 Å². The van der Waals surface area contributed by atoms with Crippen LogP contribution in [0.15, 0.2) is 67.3 Å². The molecule has 1 aliphatic carbocycles. The van der Waals surface area contributed by atoms with Crippen LogP contribution < -0.4 is 4.90 Å². The lowest BCUT2D eigenvalue weighted by Crippen LogP contribution is -2.55. The highest BCUT2D eigenvalue weighted by Gasteiger charge is 2.36. The molecule has 0 spiro atoms. The Balaban J connectivity index is 1.46. The number of allylic oxidation sites excluding steroid dienone is 1. The number of amides is 2. The van der Waals surface area contributed by atoms with Gasteiger partial charge in [-0.15, -0.1) is 6.58 Å². The van der Waals surface area contributed by atoms with Crippen LogP contribution in [0.2, 0.25) is 0 Å². The van der Waals surface area contributed by atoms with E-state index in [0.29, 0.717) is 25.5 Å². The fraction of sp³-hybridized carbons (Fsp3) is 0.407. The number of urea groups is 1. The number of carbonyl (C=O) groups is 2. The summed E-state index contributed by atoms with van der Waals surface area (Å²) in [5.41, 5.74) is 2.75. The van der Waals surface area contributed by atoms with Gasteiger partial charge in [-0.1, -0.05) is 48.5 Å². The van der Waals surface area contributed by atoms with E-state index in [4.69, 9.17) is 4.74 Å². The fourth-order valence-corrected chi connectivity index (χ4v) is 4.97. The summed E-state index contributed by atoms with van der Waals surface area (Å²) in [4.78, 5) is 31.3. The molecule has 33 heavy (non-hydrogen) atoms. The van der Waals surface area contributed by atoms with E-state index in [9.17, 15) is 9.59 Å². The molecule has 2 aliphatic rings. The third-order valence-electron chi connectivity index (χ3n) is 6.75. The Morgan fingerprint density at radius 2 is 1.70 bits per heavy atom. The number of para-hydroxylation sites is 1. The number of hydrogen-bond acceptors (Lipinski definition) is 4. The van der Waals surface area contributed by atoms with Crippen molar-refractivity contribution in [3.05, 3.63) is 78.4 Å². The van der Waals surface area contributed by atoms with Gasteiger partial charge in [-0.3, -0.25) is 4.79 Å². The van der Waals surface area contributed by atoms with Crippen molar-refractivity contribution in [2.45, 2.75) is 32.0 Å². The van der Waals surface area contributed by atoms with Gasteiger partial charge in [0, 0.05) is 25.6 Å². The summed E-state index contributed by atoms with van der Waals surface area (Å²) in [7, 11) is 3.56. The van der Waals surface area contributed by atoms with Gasteiger partial charge in [-0.05, 0) is 42.9 Å². The van der Waals surface area contributed by atoms with Crippen LogP contribution in [-0.4, -0.2) is 55.2 Å². The minimum absolute atomic E-state index is 0.0180. The maximum Gasteiger partial charge on any atom is 0.322 e. The zero-order chi connectivity index (χ0) is 23.4. The van der Waals surface area contributed by atoms with E-state index in [1.54, 1.807) is 23.9 Å². The van der Waals surface area contributed by atoms with Crippen molar-refractivity contribution in [1.82, 2.24) is 9.80 Å². The Morgan fingerprint density at radius 3 is 2.39 bits per heavy atom. The summed E-state index contributed by atoms with van der Waals surface area (Å²) < 4.78 is 6.18. The summed E-state index contributed by atoms with van der Waals surface area (Å²) in [6.45, 7) is 5.54. The SMILES string of the molecule is C=C[C@@H]1C[C@@H](OCc2ccccc2)CCC1C(=O)c1ccccc1N1CN(C)C(=O)N(C)C1. The van der Waals surface area contributed by atoms with E-state index in [2.05, 4.69) is 23.6 Å². The second-order valence-corrected chi connectivity index (χ2v) is 9.12. The quantitative estimate of drug-likeness (QED) is 0.453. The molecule has 1 saturated heterocycles. The molecule has 0 N–H and O–H groups in total. The van der Waals surface area contributed by atoms with Crippen molar-refractivity contribution in [2.75, 3.05) is 32.3 Å². The van der Waals surface area contributed by atoms with Crippen molar-refractivity contribution in [1.29, 1.82) is 0 Å². The zero-order valence-corrected chi connectivity index (χ0v) is 19.5. The summed E-state index contributed by atoms with van der Waals surface area (Å²) in [6.07, 6.45) is 4.49.